The van der Waals surface area contributed by atoms with Gasteiger partial charge in [-0.1, -0.05) is 30.3 Å². The van der Waals surface area contributed by atoms with Gasteiger partial charge in [-0.3, -0.25) is 0 Å². The maximum absolute atomic E-state index is 2.39. The highest BCUT2D eigenvalue weighted by Gasteiger charge is 2.26. The SMILES string of the molecule is Cc1c(-[n+]2c(C)cc3ccccc3c2C)cccc1-[n+]1c(C)ccc2ccccc21. The number of aryl methyl sites for hydroxylation is 3. The zero-order valence-electron chi connectivity index (χ0n) is 18.0. The van der Waals surface area contributed by atoms with Gasteiger partial charge in [0, 0.05) is 61.9 Å². The van der Waals surface area contributed by atoms with Crippen LogP contribution in [0.5, 0.6) is 0 Å². The Hall–Kier alpha value is -3.52. The Kier molecular flexibility index (Phi) is 4.36. The maximum Gasteiger partial charge on any atom is 0.221 e. The first kappa shape index (κ1) is 18.5. The molecule has 5 aromatic rings. The molecule has 0 aliphatic carbocycles. The molecule has 0 radical (unpaired) electrons. The van der Waals surface area contributed by atoms with Gasteiger partial charge in [0.15, 0.2) is 17.1 Å². The summed E-state index contributed by atoms with van der Waals surface area (Å²) in [6, 6.07) is 30.5. The van der Waals surface area contributed by atoms with E-state index in [-0.39, 0.29) is 0 Å². The Morgan fingerprint density at radius 3 is 2.00 bits per heavy atom. The number of fused-ring (bicyclic) bond motifs is 2. The van der Waals surface area contributed by atoms with Gasteiger partial charge in [-0.15, -0.1) is 0 Å². The van der Waals surface area contributed by atoms with Gasteiger partial charge in [0.1, 0.15) is 0 Å². The van der Waals surface area contributed by atoms with Crippen molar-refractivity contribution in [2.75, 3.05) is 0 Å². The molecule has 0 amide bonds. The van der Waals surface area contributed by atoms with E-state index in [0.717, 1.165) is 0 Å². The van der Waals surface area contributed by atoms with E-state index in [1.54, 1.807) is 0 Å². The molecule has 2 aromatic heterocycles. The lowest BCUT2D eigenvalue weighted by molar-refractivity contribution is -0.610. The van der Waals surface area contributed by atoms with Gasteiger partial charge in [-0.25, -0.2) is 0 Å². The Labute approximate surface area is 177 Å². The summed E-state index contributed by atoms with van der Waals surface area (Å²) in [5.41, 5.74) is 8.69. The van der Waals surface area contributed by atoms with Crippen LogP contribution in [0.15, 0.2) is 84.9 Å². The topological polar surface area (TPSA) is 7.76 Å². The van der Waals surface area contributed by atoms with Crippen LogP contribution in [0.2, 0.25) is 0 Å². The van der Waals surface area contributed by atoms with E-state index in [9.17, 15) is 0 Å². The van der Waals surface area contributed by atoms with E-state index >= 15 is 0 Å². The molecule has 0 aliphatic heterocycles. The maximum atomic E-state index is 2.39. The van der Waals surface area contributed by atoms with Crippen molar-refractivity contribution in [3.8, 4) is 11.4 Å². The summed E-state index contributed by atoms with van der Waals surface area (Å²) >= 11 is 0. The van der Waals surface area contributed by atoms with Crippen molar-refractivity contribution < 1.29 is 9.13 Å². The van der Waals surface area contributed by atoms with E-state index in [2.05, 4.69) is 122 Å². The fourth-order valence-electron chi connectivity index (χ4n) is 4.72. The minimum atomic E-state index is 1.22. The van der Waals surface area contributed by atoms with Gasteiger partial charge < -0.3 is 0 Å². The van der Waals surface area contributed by atoms with E-state index in [4.69, 9.17) is 0 Å². The molecule has 0 aliphatic rings. The van der Waals surface area contributed by atoms with Gasteiger partial charge in [0.05, 0.1) is 5.56 Å². The minimum Gasteiger partial charge on any atom is -0.161 e. The molecule has 0 atom stereocenters. The summed E-state index contributed by atoms with van der Waals surface area (Å²) in [5, 5.41) is 3.83. The van der Waals surface area contributed by atoms with Crippen LogP contribution in [0.1, 0.15) is 22.6 Å². The Morgan fingerprint density at radius 1 is 0.533 bits per heavy atom. The zero-order valence-corrected chi connectivity index (χ0v) is 18.0. The smallest absolute Gasteiger partial charge is 0.161 e. The lowest BCUT2D eigenvalue weighted by Crippen LogP contribution is -2.41. The van der Waals surface area contributed by atoms with Crippen molar-refractivity contribution in [1.29, 1.82) is 0 Å². The third-order valence-electron chi connectivity index (χ3n) is 6.20. The van der Waals surface area contributed by atoms with Crippen molar-refractivity contribution in [3.05, 3.63) is 108 Å². The molecule has 146 valence electrons. The van der Waals surface area contributed by atoms with Crippen molar-refractivity contribution >= 4 is 21.7 Å². The van der Waals surface area contributed by atoms with Crippen molar-refractivity contribution in [2.24, 2.45) is 0 Å². The van der Waals surface area contributed by atoms with Crippen LogP contribution < -0.4 is 9.13 Å². The quantitative estimate of drug-likeness (QED) is 0.338. The largest absolute Gasteiger partial charge is 0.221 e. The van der Waals surface area contributed by atoms with Gasteiger partial charge in [-0.2, -0.15) is 9.13 Å². The second-order valence-electron chi connectivity index (χ2n) is 8.08. The second-order valence-corrected chi connectivity index (χ2v) is 8.08. The lowest BCUT2D eigenvalue weighted by Gasteiger charge is -2.11. The van der Waals surface area contributed by atoms with Crippen LogP contribution >= 0.6 is 0 Å². The molecule has 0 unspecified atom stereocenters. The number of pyridine rings is 2. The molecule has 3 aromatic carbocycles. The molecule has 2 heterocycles. The molecule has 2 nitrogen and oxygen atoms in total. The lowest BCUT2D eigenvalue weighted by atomic mass is 10.1. The third-order valence-corrected chi connectivity index (χ3v) is 6.20. The minimum absolute atomic E-state index is 1.22. The van der Waals surface area contributed by atoms with E-state index in [0.29, 0.717) is 0 Å². The van der Waals surface area contributed by atoms with E-state index < -0.39 is 0 Å². The fraction of sp³-hybridized carbons (Fsp3) is 0.143. The third kappa shape index (κ3) is 2.80. The van der Waals surface area contributed by atoms with Crippen LogP contribution in [0.25, 0.3) is 33.1 Å². The normalized spacial score (nSPS) is 11.3. The number of hydrogen-bond donors (Lipinski definition) is 0. The van der Waals surface area contributed by atoms with Crippen LogP contribution in [0.4, 0.5) is 0 Å². The van der Waals surface area contributed by atoms with Gasteiger partial charge in [0.25, 0.3) is 0 Å². The Bertz CT molecular complexity index is 1430. The molecule has 0 fully saturated rings. The molecule has 2 heteroatoms. The number of hydrogen-bond acceptors (Lipinski definition) is 0. The van der Waals surface area contributed by atoms with Crippen LogP contribution in [-0.2, 0) is 0 Å². The van der Waals surface area contributed by atoms with E-state index in [1.165, 1.54) is 55.7 Å². The number of para-hydroxylation sites is 1. The monoisotopic (exact) mass is 390 g/mol. The number of nitrogens with zero attached hydrogens (tertiary/aromatic N) is 2. The van der Waals surface area contributed by atoms with E-state index in [1.807, 2.05) is 0 Å². The zero-order chi connectivity index (χ0) is 20.8. The highest BCUT2D eigenvalue weighted by atomic mass is 15.0. The summed E-state index contributed by atoms with van der Waals surface area (Å²) in [5.74, 6) is 0. The van der Waals surface area contributed by atoms with Gasteiger partial charge in [0.2, 0.25) is 16.9 Å². The number of rotatable bonds is 2. The molecule has 0 saturated heterocycles. The molecule has 0 N–H and O–H groups in total. The summed E-state index contributed by atoms with van der Waals surface area (Å²) < 4.78 is 4.77. The van der Waals surface area contributed by atoms with Crippen molar-refractivity contribution in [2.45, 2.75) is 27.7 Å². The summed E-state index contributed by atoms with van der Waals surface area (Å²) in [7, 11) is 0. The molecule has 0 saturated carbocycles. The van der Waals surface area contributed by atoms with Crippen molar-refractivity contribution in [1.82, 2.24) is 0 Å². The average molecular weight is 391 g/mol. The molecule has 0 bridgehead atoms. The molecular formula is C28H26N2+2. The predicted octanol–water partition coefficient (Wildman–Crippen LogP) is 5.78. The second kappa shape index (κ2) is 7.07. The highest BCUT2D eigenvalue weighted by molar-refractivity contribution is 5.83. The molecule has 0 spiro atoms. The van der Waals surface area contributed by atoms with Gasteiger partial charge in [-0.05, 0) is 36.6 Å². The van der Waals surface area contributed by atoms with Crippen LogP contribution in [0, 0.1) is 27.7 Å². The average Bonchev–Trinajstić information content (AvgIpc) is 2.75. The van der Waals surface area contributed by atoms with Crippen molar-refractivity contribution in [3.63, 3.8) is 0 Å². The summed E-state index contributed by atoms with van der Waals surface area (Å²) in [4.78, 5) is 0. The molecule has 5 rings (SSSR count). The Morgan fingerprint density at radius 2 is 1.20 bits per heavy atom. The Balaban J connectivity index is 1.81. The standard InChI is InChI=1S/C28H26N2/c1-19-16-17-23-10-6-8-13-28(23)30(19)27-15-9-14-26(21(27)3)29-20(2)18-24-11-5-7-12-25(24)22(29)4/h5-18H,1-4H3/q+2. The van der Waals surface area contributed by atoms with Crippen LogP contribution in [-0.4, -0.2) is 0 Å². The summed E-state index contributed by atoms with van der Waals surface area (Å²) in [6.07, 6.45) is 0. The molecular weight excluding hydrogens is 364 g/mol. The predicted molar refractivity (Wildman–Crippen MR) is 123 cm³/mol. The fourth-order valence-corrected chi connectivity index (χ4v) is 4.72. The number of benzene rings is 3. The first-order valence-electron chi connectivity index (χ1n) is 10.5. The molecule has 30 heavy (non-hydrogen) atoms. The first-order chi connectivity index (χ1) is 14.6. The first-order valence-corrected chi connectivity index (χ1v) is 10.5. The van der Waals surface area contributed by atoms with Crippen LogP contribution in [0.3, 0.4) is 0 Å². The highest BCUT2D eigenvalue weighted by Crippen LogP contribution is 2.22. The van der Waals surface area contributed by atoms with Gasteiger partial charge >= 0.3 is 0 Å². The number of aromatic nitrogens is 2. The summed E-state index contributed by atoms with van der Waals surface area (Å²) in [6.45, 7) is 8.83.